The van der Waals surface area contributed by atoms with E-state index in [0.29, 0.717) is 28.8 Å². The van der Waals surface area contributed by atoms with Crippen molar-refractivity contribution in [2.45, 2.75) is 52.1 Å². The number of aromatic amines is 1. The van der Waals surface area contributed by atoms with Gasteiger partial charge in [0.05, 0.1) is 29.0 Å². The molecule has 3 aromatic rings. The minimum absolute atomic E-state index is 0.0727. The van der Waals surface area contributed by atoms with E-state index in [1.165, 1.54) is 23.8 Å². The van der Waals surface area contributed by atoms with E-state index in [1.54, 1.807) is 25.5 Å². The number of fused-ring (bicyclic) bond motifs is 1. The SMILES string of the molecule is Cc1cnc(NCCCCC2CC2)c(=O)n1CC(=O)NCc1cc2c(Cl)c[nH]c2cn1. The van der Waals surface area contributed by atoms with Gasteiger partial charge in [0.2, 0.25) is 5.91 Å². The quantitative estimate of drug-likeness (QED) is 0.417. The molecule has 1 amide bonds. The van der Waals surface area contributed by atoms with E-state index in [9.17, 15) is 9.59 Å². The van der Waals surface area contributed by atoms with Crippen molar-refractivity contribution >= 4 is 34.2 Å². The number of H-pyrrole nitrogens is 1. The summed E-state index contributed by atoms with van der Waals surface area (Å²) in [6.45, 7) is 2.66. The van der Waals surface area contributed by atoms with Gasteiger partial charge in [-0.3, -0.25) is 19.1 Å². The number of halogens is 1. The van der Waals surface area contributed by atoms with E-state index in [-0.39, 0.29) is 24.6 Å². The van der Waals surface area contributed by atoms with Gasteiger partial charge in [-0.1, -0.05) is 37.3 Å². The molecule has 0 aromatic carbocycles. The highest BCUT2D eigenvalue weighted by molar-refractivity contribution is 6.35. The lowest BCUT2D eigenvalue weighted by molar-refractivity contribution is -0.121. The molecule has 3 aromatic heterocycles. The number of hydrogen-bond acceptors (Lipinski definition) is 5. The number of unbranched alkanes of at least 4 members (excludes halogenated alkanes) is 1. The van der Waals surface area contributed by atoms with Crippen molar-refractivity contribution in [1.82, 2.24) is 24.8 Å². The highest BCUT2D eigenvalue weighted by Gasteiger charge is 2.20. The predicted octanol–water partition coefficient (Wildman–Crippen LogP) is 3.39. The third kappa shape index (κ3) is 5.44. The van der Waals surface area contributed by atoms with Gasteiger partial charge in [0.15, 0.2) is 5.82 Å². The summed E-state index contributed by atoms with van der Waals surface area (Å²) >= 11 is 6.14. The smallest absolute Gasteiger partial charge is 0.293 e. The largest absolute Gasteiger partial charge is 0.365 e. The highest BCUT2D eigenvalue weighted by Crippen LogP contribution is 2.33. The van der Waals surface area contributed by atoms with Crippen molar-refractivity contribution in [2.75, 3.05) is 11.9 Å². The van der Waals surface area contributed by atoms with Gasteiger partial charge in [0.1, 0.15) is 6.54 Å². The van der Waals surface area contributed by atoms with Crippen LogP contribution in [0.2, 0.25) is 5.02 Å². The summed E-state index contributed by atoms with van der Waals surface area (Å²) in [5, 5.41) is 7.41. The Balaban J connectivity index is 1.32. The molecule has 0 spiro atoms. The van der Waals surface area contributed by atoms with Gasteiger partial charge in [-0.05, 0) is 25.3 Å². The number of hydrogen-bond donors (Lipinski definition) is 3. The highest BCUT2D eigenvalue weighted by atomic mass is 35.5. The second-order valence-corrected chi connectivity index (χ2v) is 8.55. The molecular formula is C22H27ClN6O2. The molecule has 1 aliphatic rings. The van der Waals surface area contributed by atoms with Crippen molar-refractivity contribution in [3.05, 3.63) is 51.4 Å². The van der Waals surface area contributed by atoms with Crippen LogP contribution in [0.1, 0.15) is 43.5 Å². The molecule has 1 aliphatic carbocycles. The minimum Gasteiger partial charge on any atom is -0.365 e. The van der Waals surface area contributed by atoms with E-state index < -0.39 is 0 Å². The Bertz CT molecular complexity index is 1130. The molecule has 3 N–H and O–H groups in total. The molecule has 0 bridgehead atoms. The number of amides is 1. The molecule has 0 radical (unpaired) electrons. The Morgan fingerprint density at radius 2 is 2.13 bits per heavy atom. The van der Waals surface area contributed by atoms with Crippen molar-refractivity contribution in [2.24, 2.45) is 5.92 Å². The molecular weight excluding hydrogens is 416 g/mol. The van der Waals surface area contributed by atoms with Crippen LogP contribution in [-0.2, 0) is 17.9 Å². The number of carbonyl (C=O) groups excluding carboxylic acids is 1. The van der Waals surface area contributed by atoms with Crippen LogP contribution in [0.3, 0.4) is 0 Å². The van der Waals surface area contributed by atoms with Crippen LogP contribution in [0.25, 0.3) is 10.9 Å². The van der Waals surface area contributed by atoms with Crippen LogP contribution in [0.5, 0.6) is 0 Å². The number of rotatable bonds is 10. The standard InChI is InChI=1S/C22H27ClN6O2/c1-14-9-28-21(24-7-3-2-4-15-5-6-15)22(31)29(14)13-20(30)27-10-16-8-17-18(23)11-26-19(17)12-25-16/h8-9,11-12,15,26H,2-7,10,13H2,1H3,(H,24,28)(H,27,30). The van der Waals surface area contributed by atoms with Crippen molar-refractivity contribution in [1.29, 1.82) is 0 Å². The fourth-order valence-electron chi connectivity index (χ4n) is 3.58. The molecule has 31 heavy (non-hydrogen) atoms. The van der Waals surface area contributed by atoms with E-state index >= 15 is 0 Å². The molecule has 0 unspecified atom stereocenters. The Kier molecular flexibility index (Phi) is 6.56. The molecule has 164 valence electrons. The molecule has 1 fully saturated rings. The number of carbonyl (C=O) groups is 1. The number of pyridine rings is 1. The fourth-order valence-corrected chi connectivity index (χ4v) is 3.79. The fraction of sp³-hybridized carbons (Fsp3) is 0.455. The lowest BCUT2D eigenvalue weighted by atomic mass is 10.2. The number of aromatic nitrogens is 4. The Morgan fingerprint density at radius 1 is 1.29 bits per heavy atom. The molecule has 1 saturated carbocycles. The van der Waals surface area contributed by atoms with Crippen molar-refractivity contribution in [3.8, 4) is 0 Å². The molecule has 8 nitrogen and oxygen atoms in total. The zero-order valence-electron chi connectivity index (χ0n) is 17.6. The first-order valence-electron chi connectivity index (χ1n) is 10.7. The molecule has 0 saturated heterocycles. The zero-order chi connectivity index (χ0) is 21.8. The first-order chi connectivity index (χ1) is 15.0. The van der Waals surface area contributed by atoms with Crippen LogP contribution in [0, 0.1) is 12.8 Å². The molecule has 0 atom stereocenters. The first kappa shape index (κ1) is 21.4. The molecule has 0 aliphatic heterocycles. The lowest BCUT2D eigenvalue weighted by Gasteiger charge is -2.12. The van der Waals surface area contributed by atoms with Crippen molar-refractivity contribution in [3.63, 3.8) is 0 Å². The molecule has 9 heteroatoms. The minimum atomic E-state index is -0.281. The monoisotopic (exact) mass is 442 g/mol. The summed E-state index contributed by atoms with van der Waals surface area (Å²) < 4.78 is 1.44. The van der Waals surface area contributed by atoms with Gasteiger partial charge in [-0.15, -0.1) is 0 Å². The number of nitrogens with zero attached hydrogens (tertiary/aromatic N) is 3. The number of aryl methyl sites for hydroxylation is 1. The predicted molar refractivity (Wildman–Crippen MR) is 121 cm³/mol. The zero-order valence-corrected chi connectivity index (χ0v) is 18.3. The van der Waals surface area contributed by atoms with Gasteiger partial charge < -0.3 is 15.6 Å². The van der Waals surface area contributed by atoms with E-state index in [1.807, 2.05) is 6.07 Å². The summed E-state index contributed by atoms with van der Waals surface area (Å²) in [5.41, 5.74) is 1.88. The van der Waals surface area contributed by atoms with Gasteiger partial charge in [-0.2, -0.15) is 0 Å². The average Bonchev–Trinajstić information content (AvgIpc) is 3.52. The molecule has 3 heterocycles. The van der Waals surface area contributed by atoms with Crippen LogP contribution in [0.4, 0.5) is 5.82 Å². The maximum Gasteiger partial charge on any atom is 0.293 e. The summed E-state index contributed by atoms with van der Waals surface area (Å²) in [6.07, 6.45) is 11.2. The second-order valence-electron chi connectivity index (χ2n) is 8.14. The Morgan fingerprint density at radius 3 is 2.94 bits per heavy atom. The topological polar surface area (TPSA) is 105 Å². The van der Waals surface area contributed by atoms with E-state index in [4.69, 9.17) is 11.6 Å². The maximum absolute atomic E-state index is 12.8. The van der Waals surface area contributed by atoms with Crippen LogP contribution in [-0.4, -0.2) is 32.0 Å². The Hall–Kier alpha value is -2.87. The lowest BCUT2D eigenvalue weighted by Crippen LogP contribution is -2.34. The second kappa shape index (κ2) is 9.51. The average molecular weight is 443 g/mol. The van der Waals surface area contributed by atoms with Gasteiger partial charge >= 0.3 is 0 Å². The third-order valence-electron chi connectivity index (χ3n) is 5.62. The number of anilines is 1. The third-order valence-corrected chi connectivity index (χ3v) is 5.94. The summed E-state index contributed by atoms with van der Waals surface area (Å²) in [6, 6.07) is 1.84. The Labute approximate surface area is 185 Å². The maximum atomic E-state index is 12.8. The van der Waals surface area contributed by atoms with Crippen LogP contribution >= 0.6 is 11.6 Å². The van der Waals surface area contributed by atoms with Crippen LogP contribution in [0.15, 0.2) is 29.5 Å². The van der Waals surface area contributed by atoms with Crippen LogP contribution < -0.4 is 16.2 Å². The normalized spacial score (nSPS) is 13.5. The van der Waals surface area contributed by atoms with Gasteiger partial charge in [0, 0.05) is 30.0 Å². The number of nitrogens with one attached hydrogen (secondary N) is 3. The molecule has 4 rings (SSSR count). The van der Waals surface area contributed by atoms with Gasteiger partial charge in [-0.25, -0.2) is 4.98 Å². The van der Waals surface area contributed by atoms with E-state index in [0.717, 1.165) is 29.7 Å². The van der Waals surface area contributed by atoms with E-state index in [2.05, 4.69) is 25.6 Å². The summed E-state index contributed by atoms with van der Waals surface area (Å²) in [5.74, 6) is 0.943. The van der Waals surface area contributed by atoms with Gasteiger partial charge in [0.25, 0.3) is 5.56 Å². The summed E-state index contributed by atoms with van der Waals surface area (Å²) in [7, 11) is 0. The summed E-state index contributed by atoms with van der Waals surface area (Å²) in [4.78, 5) is 36.8. The van der Waals surface area contributed by atoms with Crippen molar-refractivity contribution < 1.29 is 4.79 Å². The first-order valence-corrected chi connectivity index (χ1v) is 11.1.